The zero-order chi connectivity index (χ0) is 10.6. The number of allylic oxidation sites excluding steroid dienone is 1. The van der Waals surface area contributed by atoms with Gasteiger partial charge in [0, 0.05) is 0 Å². The van der Waals surface area contributed by atoms with Gasteiger partial charge in [-0.15, -0.1) is 0 Å². The molecule has 0 radical (unpaired) electrons. The van der Waals surface area contributed by atoms with Crippen LogP contribution in [0.4, 0.5) is 0 Å². The van der Waals surface area contributed by atoms with Gasteiger partial charge in [0.15, 0.2) is 0 Å². The van der Waals surface area contributed by atoms with Gasteiger partial charge in [-0.05, 0) is 12.5 Å². The lowest BCUT2D eigenvalue weighted by atomic mass is 10.2. The van der Waals surface area contributed by atoms with E-state index in [2.05, 4.69) is 6.92 Å². The van der Waals surface area contributed by atoms with Gasteiger partial charge in [0.1, 0.15) is 0 Å². The Morgan fingerprint density at radius 3 is 2.07 bits per heavy atom. The van der Waals surface area contributed by atoms with Crippen LogP contribution >= 0.6 is 0 Å². The minimum absolute atomic E-state index is 0.355. The van der Waals surface area contributed by atoms with Crippen LogP contribution in [0.25, 0.3) is 0 Å². The van der Waals surface area contributed by atoms with Gasteiger partial charge in [0.25, 0.3) is 0 Å². The second-order valence-electron chi connectivity index (χ2n) is 3.71. The molecule has 0 unspecified atom stereocenters. The lowest BCUT2D eigenvalue weighted by molar-refractivity contribution is -0.113. The average molecular weight is 197 g/mol. The van der Waals surface area contributed by atoms with Crippen molar-refractivity contribution in [1.29, 1.82) is 0 Å². The molecule has 1 rings (SSSR count). The van der Waals surface area contributed by atoms with E-state index < -0.39 is 0 Å². The van der Waals surface area contributed by atoms with Crippen LogP contribution in [0.2, 0.25) is 0 Å². The van der Waals surface area contributed by atoms with E-state index in [1.807, 2.05) is 6.08 Å². The van der Waals surface area contributed by atoms with E-state index >= 15 is 0 Å². The van der Waals surface area contributed by atoms with Gasteiger partial charge >= 0.3 is 0 Å². The summed E-state index contributed by atoms with van der Waals surface area (Å²) in [6, 6.07) is 0. The number of rotatable bonds is 4. The highest BCUT2D eigenvalue weighted by Crippen LogP contribution is 2.15. The highest BCUT2D eigenvalue weighted by molar-refractivity contribution is 5.85. The number of carbonyl (C=O) groups is 1. The van der Waals surface area contributed by atoms with Gasteiger partial charge in [-0.25, -0.2) is 0 Å². The number of amides is 1. The predicted molar refractivity (Wildman–Crippen MR) is 60.9 cm³/mol. The van der Waals surface area contributed by atoms with Gasteiger partial charge in [0.05, 0.1) is 0 Å². The first-order valence-corrected chi connectivity index (χ1v) is 5.73. The lowest BCUT2D eigenvalue weighted by Crippen LogP contribution is -2.05. The molecular formula is C12H23NO. The van der Waals surface area contributed by atoms with E-state index in [0.717, 1.165) is 19.3 Å². The molecule has 2 heteroatoms. The van der Waals surface area contributed by atoms with Crippen molar-refractivity contribution in [3.8, 4) is 0 Å². The lowest BCUT2D eigenvalue weighted by Gasteiger charge is -1.85. The number of hydrogen-bond donors (Lipinski definition) is 1. The number of unbranched alkanes of at least 4 members (excludes halogenated alkanes) is 2. The van der Waals surface area contributed by atoms with Crippen molar-refractivity contribution in [2.45, 2.75) is 58.3 Å². The molecule has 2 nitrogen and oxygen atoms in total. The molecule has 0 saturated heterocycles. The van der Waals surface area contributed by atoms with Gasteiger partial charge in [-0.1, -0.05) is 57.9 Å². The maximum atomic E-state index is 10.1. The second-order valence-corrected chi connectivity index (χ2v) is 3.71. The molecule has 0 aromatic carbocycles. The molecule has 2 N–H and O–H groups in total. The summed E-state index contributed by atoms with van der Waals surface area (Å²) in [7, 11) is 0. The summed E-state index contributed by atoms with van der Waals surface area (Å²) in [5.74, 6) is -0.355. The Hall–Kier alpha value is -0.790. The highest BCUT2D eigenvalue weighted by atomic mass is 16.1. The third-order valence-corrected chi connectivity index (χ3v) is 2.26. The molecule has 0 aliphatic heterocycles. The number of carbonyl (C=O) groups excluding carboxylic acids is 1. The van der Waals surface area contributed by atoms with Crippen molar-refractivity contribution in [3.05, 3.63) is 12.2 Å². The van der Waals surface area contributed by atoms with E-state index in [9.17, 15) is 4.79 Å². The first-order chi connectivity index (χ1) is 6.77. The topological polar surface area (TPSA) is 43.1 Å². The summed E-state index contributed by atoms with van der Waals surface area (Å²) in [5.41, 5.74) is 4.85. The predicted octanol–water partition coefficient (Wildman–Crippen LogP) is 3.17. The Labute approximate surface area is 87.6 Å². The van der Waals surface area contributed by atoms with Crippen molar-refractivity contribution < 1.29 is 4.79 Å². The van der Waals surface area contributed by atoms with Crippen LogP contribution in [-0.4, -0.2) is 5.91 Å². The fourth-order valence-electron chi connectivity index (χ4n) is 1.41. The largest absolute Gasteiger partial charge is 0.366 e. The normalized spacial score (nSPS) is 15.2. The molecule has 1 fully saturated rings. The molecular weight excluding hydrogens is 174 g/mol. The Kier molecular flexibility index (Phi) is 9.71. The van der Waals surface area contributed by atoms with Crippen molar-refractivity contribution in [3.63, 3.8) is 0 Å². The second kappa shape index (κ2) is 10.3. The summed E-state index contributed by atoms with van der Waals surface area (Å²) >= 11 is 0. The molecule has 0 aromatic rings. The smallest absolute Gasteiger partial charge is 0.241 e. The summed E-state index contributed by atoms with van der Waals surface area (Å²) in [5, 5.41) is 0. The third-order valence-electron chi connectivity index (χ3n) is 2.26. The maximum absolute atomic E-state index is 10.1. The zero-order valence-electron chi connectivity index (χ0n) is 9.30. The molecule has 1 amide bonds. The summed E-state index contributed by atoms with van der Waals surface area (Å²) < 4.78 is 0. The standard InChI is InChI=1S/C7H13NO.C5H10/c1-2-3-4-5-6-7(8)9;1-2-4-5-3-1/h5-6H,2-4H2,1H3,(H2,8,9);1-5H2/b6-5+;. The summed E-state index contributed by atoms with van der Waals surface area (Å²) in [6.07, 6.45) is 14.0. The third kappa shape index (κ3) is 11.2. The molecule has 14 heavy (non-hydrogen) atoms. The van der Waals surface area contributed by atoms with Crippen LogP contribution in [0.15, 0.2) is 12.2 Å². The van der Waals surface area contributed by atoms with Crippen molar-refractivity contribution in [2.24, 2.45) is 5.73 Å². The Bertz CT molecular complexity index is 152. The van der Waals surface area contributed by atoms with Gasteiger partial charge in [-0.2, -0.15) is 0 Å². The van der Waals surface area contributed by atoms with Crippen LogP contribution in [-0.2, 0) is 4.79 Å². The number of hydrogen-bond acceptors (Lipinski definition) is 1. The molecule has 1 aliphatic carbocycles. The van der Waals surface area contributed by atoms with Crippen LogP contribution in [0, 0.1) is 0 Å². The van der Waals surface area contributed by atoms with Gasteiger partial charge < -0.3 is 5.73 Å². The number of nitrogens with two attached hydrogens (primary N) is 1. The molecule has 82 valence electrons. The van der Waals surface area contributed by atoms with Crippen molar-refractivity contribution in [2.75, 3.05) is 0 Å². The van der Waals surface area contributed by atoms with Crippen molar-refractivity contribution in [1.82, 2.24) is 0 Å². The molecule has 1 aliphatic rings. The van der Waals surface area contributed by atoms with Crippen LogP contribution in [0.5, 0.6) is 0 Å². The summed E-state index contributed by atoms with van der Waals surface area (Å²) in [6.45, 7) is 2.11. The maximum Gasteiger partial charge on any atom is 0.241 e. The van der Waals surface area contributed by atoms with Crippen LogP contribution < -0.4 is 5.73 Å². The summed E-state index contributed by atoms with van der Waals surface area (Å²) in [4.78, 5) is 10.1. The quantitative estimate of drug-likeness (QED) is 0.546. The van der Waals surface area contributed by atoms with Crippen molar-refractivity contribution >= 4 is 5.91 Å². The van der Waals surface area contributed by atoms with E-state index in [-0.39, 0.29) is 5.91 Å². The average Bonchev–Trinajstić information content (AvgIpc) is 2.70. The molecule has 0 bridgehead atoms. The van der Waals surface area contributed by atoms with Crippen LogP contribution in [0.1, 0.15) is 58.3 Å². The molecule has 0 spiro atoms. The molecule has 0 atom stereocenters. The van der Waals surface area contributed by atoms with E-state index in [4.69, 9.17) is 5.73 Å². The van der Waals surface area contributed by atoms with E-state index in [1.54, 1.807) is 0 Å². The fourth-order valence-corrected chi connectivity index (χ4v) is 1.41. The molecule has 0 aromatic heterocycles. The van der Waals surface area contributed by atoms with E-state index in [1.165, 1.54) is 38.2 Å². The number of primary amides is 1. The first-order valence-electron chi connectivity index (χ1n) is 5.73. The van der Waals surface area contributed by atoms with Gasteiger partial charge in [0.2, 0.25) is 5.91 Å². The van der Waals surface area contributed by atoms with E-state index in [0.29, 0.717) is 0 Å². The zero-order valence-corrected chi connectivity index (χ0v) is 9.30. The minimum Gasteiger partial charge on any atom is -0.366 e. The Balaban J connectivity index is 0.000000280. The van der Waals surface area contributed by atoms with Gasteiger partial charge in [-0.3, -0.25) is 4.79 Å². The SMILES string of the molecule is C1CCCC1.CCCC/C=C/C(N)=O. The minimum atomic E-state index is -0.355. The Morgan fingerprint density at radius 1 is 1.21 bits per heavy atom. The molecule has 1 saturated carbocycles. The Morgan fingerprint density at radius 2 is 1.71 bits per heavy atom. The first kappa shape index (κ1) is 13.2. The molecule has 0 heterocycles. The van der Waals surface area contributed by atoms with Crippen LogP contribution in [0.3, 0.4) is 0 Å². The highest BCUT2D eigenvalue weighted by Gasteiger charge is 1.95. The fraction of sp³-hybridized carbons (Fsp3) is 0.750. The monoisotopic (exact) mass is 197 g/mol.